The molecule has 3 heteroatoms. The van der Waals surface area contributed by atoms with Crippen LogP contribution in [0, 0.1) is 0 Å². The molecule has 0 radical (unpaired) electrons. The molecule has 1 rings (SSSR count). The summed E-state index contributed by atoms with van der Waals surface area (Å²) >= 11 is 0. The molecule has 0 aliphatic carbocycles. The number of aryl methyl sites for hydroxylation is 1. The molecule has 0 aliphatic rings. The molecule has 0 bridgehead atoms. The Hall–Kier alpha value is -1.35. The Morgan fingerprint density at radius 3 is 2.33 bits per heavy atom. The molecular weight excluding hydrogens is 226 g/mol. The van der Waals surface area contributed by atoms with Crippen LogP contribution < -0.4 is 5.32 Å². The molecule has 18 heavy (non-hydrogen) atoms. The van der Waals surface area contributed by atoms with Crippen LogP contribution in [0.4, 0.5) is 0 Å². The van der Waals surface area contributed by atoms with Gasteiger partial charge in [0.05, 0.1) is 0 Å². The quantitative estimate of drug-likeness (QED) is 0.814. The van der Waals surface area contributed by atoms with Gasteiger partial charge in [-0.25, -0.2) is 0 Å². The van der Waals surface area contributed by atoms with Gasteiger partial charge in [0.25, 0.3) is 5.91 Å². The molecular formula is C15H23NO2. The van der Waals surface area contributed by atoms with Crippen molar-refractivity contribution in [3.05, 3.63) is 35.4 Å². The van der Waals surface area contributed by atoms with Crippen molar-refractivity contribution in [1.29, 1.82) is 0 Å². The van der Waals surface area contributed by atoms with Crippen LogP contribution in [0.3, 0.4) is 0 Å². The molecule has 3 nitrogen and oxygen atoms in total. The number of aliphatic hydroxyl groups excluding tert-OH is 1. The van der Waals surface area contributed by atoms with Crippen molar-refractivity contribution >= 4 is 5.91 Å². The minimum absolute atomic E-state index is 0.0737. The smallest absolute Gasteiger partial charge is 0.251 e. The Morgan fingerprint density at radius 1 is 1.28 bits per heavy atom. The molecule has 1 aromatic carbocycles. The van der Waals surface area contributed by atoms with Crippen molar-refractivity contribution in [1.82, 2.24) is 5.32 Å². The van der Waals surface area contributed by atoms with E-state index in [2.05, 4.69) is 12.2 Å². The van der Waals surface area contributed by atoms with Gasteiger partial charge in [-0.3, -0.25) is 4.79 Å². The van der Waals surface area contributed by atoms with Gasteiger partial charge in [0.2, 0.25) is 0 Å². The molecule has 0 fully saturated rings. The van der Waals surface area contributed by atoms with E-state index in [1.54, 1.807) is 0 Å². The van der Waals surface area contributed by atoms with Gasteiger partial charge in [0.15, 0.2) is 0 Å². The highest BCUT2D eigenvalue weighted by molar-refractivity contribution is 5.94. The molecule has 1 unspecified atom stereocenters. The summed E-state index contributed by atoms with van der Waals surface area (Å²) in [5.74, 6) is -0.0737. The van der Waals surface area contributed by atoms with Crippen LogP contribution >= 0.6 is 0 Å². The highest BCUT2D eigenvalue weighted by Crippen LogP contribution is 2.15. The lowest BCUT2D eigenvalue weighted by Crippen LogP contribution is -2.46. The lowest BCUT2D eigenvalue weighted by Gasteiger charge is -2.29. The van der Waals surface area contributed by atoms with Crippen molar-refractivity contribution in [2.24, 2.45) is 0 Å². The highest BCUT2D eigenvalue weighted by Gasteiger charge is 2.23. The summed E-state index contributed by atoms with van der Waals surface area (Å²) in [5, 5.41) is 12.0. The third-order valence-electron chi connectivity index (χ3n) is 3.48. The van der Waals surface area contributed by atoms with E-state index in [0.29, 0.717) is 12.0 Å². The Bertz CT molecular complexity index is 386. The zero-order valence-electron chi connectivity index (χ0n) is 11.5. The first-order valence-corrected chi connectivity index (χ1v) is 6.57. The fourth-order valence-electron chi connectivity index (χ4n) is 1.81. The maximum Gasteiger partial charge on any atom is 0.251 e. The number of carbonyl (C=O) groups excluding carboxylic acids is 1. The second-order valence-corrected chi connectivity index (χ2v) is 4.89. The minimum atomic E-state index is -0.338. The molecule has 0 heterocycles. The van der Waals surface area contributed by atoms with Crippen LogP contribution in [0.2, 0.25) is 0 Å². The Labute approximate surface area is 109 Å². The molecule has 0 aliphatic heterocycles. The van der Waals surface area contributed by atoms with Crippen molar-refractivity contribution in [3.8, 4) is 0 Å². The van der Waals surface area contributed by atoms with Crippen LogP contribution in [0.25, 0.3) is 0 Å². The predicted octanol–water partition coefficient (Wildman–Crippen LogP) is 2.53. The van der Waals surface area contributed by atoms with Gasteiger partial charge in [0, 0.05) is 17.7 Å². The summed E-state index contributed by atoms with van der Waals surface area (Å²) < 4.78 is 0. The van der Waals surface area contributed by atoms with Gasteiger partial charge < -0.3 is 10.4 Å². The first kappa shape index (κ1) is 14.7. The molecule has 0 saturated carbocycles. The zero-order valence-corrected chi connectivity index (χ0v) is 11.5. The van der Waals surface area contributed by atoms with Crippen LogP contribution in [-0.2, 0) is 6.42 Å². The topological polar surface area (TPSA) is 49.3 Å². The number of hydrogen-bond acceptors (Lipinski definition) is 2. The molecule has 0 spiro atoms. The number of amides is 1. The third-order valence-corrected chi connectivity index (χ3v) is 3.48. The number of aliphatic hydroxyl groups is 1. The lowest BCUT2D eigenvalue weighted by atomic mass is 9.94. The fourth-order valence-corrected chi connectivity index (χ4v) is 1.81. The maximum atomic E-state index is 12.1. The van der Waals surface area contributed by atoms with Crippen molar-refractivity contribution in [2.45, 2.75) is 45.6 Å². The van der Waals surface area contributed by atoms with Gasteiger partial charge in [-0.1, -0.05) is 26.0 Å². The molecule has 0 saturated heterocycles. The van der Waals surface area contributed by atoms with Crippen LogP contribution in [0.1, 0.15) is 49.5 Å². The third kappa shape index (κ3) is 3.84. The van der Waals surface area contributed by atoms with E-state index in [1.165, 1.54) is 5.56 Å². The van der Waals surface area contributed by atoms with Gasteiger partial charge in [-0.05, 0) is 43.9 Å². The molecule has 1 atom stereocenters. The fraction of sp³-hybridized carbons (Fsp3) is 0.533. The van der Waals surface area contributed by atoms with Gasteiger partial charge in [-0.15, -0.1) is 0 Å². The zero-order chi connectivity index (χ0) is 13.6. The van der Waals surface area contributed by atoms with Gasteiger partial charge in [0.1, 0.15) is 0 Å². The van der Waals surface area contributed by atoms with Crippen molar-refractivity contribution in [3.63, 3.8) is 0 Å². The molecule has 0 aromatic heterocycles. The summed E-state index contributed by atoms with van der Waals surface area (Å²) in [6.45, 7) is 6.14. The average Bonchev–Trinajstić information content (AvgIpc) is 2.39. The van der Waals surface area contributed by atoms with E-state index in [9.17, 15) is 4.79 Å². The van der Waals surface area contributed by atoms with Gasteiger partial charge in [-0.2, -0.15) is 0 Å². The standard InChI is InChI=1S/C15H23NO2/c1-4-12-6-8-13(9-7-12)14(18)16-15(3,5-2)10-11-17/h6-9,17H,4-5,10-11H2,1-3H3,(H,16,18). The first-order valence-electron chi connectivity index (χ1n) is 6.57. The normalized spacial score (nSPS) is 14.0. The molecule has 1 amide bonds. The summed E-state index contributed by atoms with van der Waals surface area (Å²) in [5.41, 5.74) is 1.56. The lowest BCUT2D eigenvalue weighted by molar-refractivity contribution is 0.0886. The van der Waals surface area contributed by atoms with E-state index >= 15 is 0 Å². The van der Waals surface area contributed by atoms with Crippen LogP contribution in [0.5, 0.6) is 0 Å². The second kappa shape index (κ2) is 6.55. The number of hydrogen-bond donors (Lipinski definition) is 2. The Balaban J connectivity index is 2.74. The summed E-state index contributed by atoms with van der Waals surface area (Å²) in [6.07, 6.45) is 2.34. The first-order chi connectivity index (χ1) is 8.54. The molecule has 2 N–H and O–H groups in total. The predicted molar refractivity (Wildman–Crippen MR) is 73.7 cm³/mol. The molecule has 1 aromatic rings. The van der Waals surface area contributed by atoms with E-state index in [-0.39, 0.29) is 18.1 Å². The van der Waals surface area contributed by atoms with Crippen molar-refractivity contribution < 1.29 is 9.90 Å². The minimum Gasteiger partial charge on any atom is -0.396 e. The second-order valence-electron chi connectivity index (χ2n) is 4.89. The van der Waals surface area contributed by atoms with E-state index < -0.39 is 0 Å². The van der Waals surface area contributed by atoms with E-state index in [1.807, 2.05) is 38.1 Å². The number of benzene rings is 1. The molecule has 100 valence electrons. The van der Waals surface area contributed by atoms with Crippen LogP contribution in [0.15, 0.2) is 24.3 Å². The summed E-state index contributed by atoms with van der Waals surface area (Å²) in [4.78, 5) is 12.1. The summed E-state index contributed by atoms with van der Waals surface area (Å²) in [6, 6.07) is 7.65. The SMILES string of the molecule is CCc1ccc(C(=O)NC(C)(CC)CCO)cc1. The van der Waals surface area contributed by atoms with Crippen LogP contribution in [-0.4, -0.2) is 23.2 Å². The number of nitrogens with one attached hydrogen (secondary N) is 1. The average molecular weight is 249 g/mol. The van der Waals surface area contributed by atoms with Crippen molar-refractivity contribution in [2.75, 3.05) is 6.61 Å². The maximum absolute atomic E-state index is 12.1. The highest BCUT2D eigenvalue weighted by atomic mass is 16.3. The van der Waals surface area contributed by atoms with E-state index in [4.69, 9.17) is 5.11 Å². The number of carbonyl (C=O) groups is 1. The monoisotopic (exact) mass is 249 g/mol. The number of rotatable bonds is 6. The Kier molecular flexibility index (Phi) is 5.35. The summed E-state index contributed by atoms with van der Waals surface area (Å²) in [7, 11) is 0. The van der Waals surface area contributed by atoms with Gasteiger partial charge >= 0.3 is 0 Å². The van der Waals surface area contributed by atoms with E-state index in [0.717, 1.165) is 12.8 Å². The largest absolute Gasteiger partial charge is 0.396 e. The Morgan fingerprint density at radius 2 is 1.89 bits per heavy atom.